The van der Waals surface area contributed by atoms with Crippen LogP contribution in [0.1, 0.15) is 82.7 Å². The highest BCUT2D eigenvalue weighted by atomic mass is 16.5. The largest absolute Gasteiger partial charge is 0.370 e. The van der Waals surface area contributed by atoms with E-state index in [0.29, 0.717) is 37.2 Å². The Labute approximate surface area is 242 Å². The van der Waals surface area contributed by atoms with Crippen molar-refractivity contribution in [1.82, 2.24) is 10.1 Å². The zero-order valence-electron chi connectivity index (χ0n) is 24.4. The van der Waals surface area contributed by atoms with Gasteiger partial charge in [-0.3, -0.25) is 4.79 Å². The molecule has 3 aromatic rings. The first-order valence-electron chi connectivity index (χ1n) is 15.2. The number of aromatic nitrogens is 2. The molecule has 0 radical (unpaired) electrons. The van der Waals surface area contributed by atoms with Gasteiger partial charge in [0.25, 0.3) is 5.89 Å². The Hall–Kier alpha value is -3.50. The maximum absolute atomic E-state index is 13.8. The summed E-state index contributed by atoms with van der Waals surface area (Å²) in [7, 11) is 0. The molecule has 3 atom stereocenters. The number of aryl methyl sites for hydroxylation is 1. The van der Waals surface area contributed by atoms with Crippen molar-refractivity contribution in [2.45, 2.75) is 83.2 Å². The summed E-state index contributed by atoms with van der Waals surface area (Å²) in [6, 6.07) is 18.9. The lowest BCUT2D eigenvalue weighted by Crippen LogP contribution is -2.50. The van der Waals surface area contributed by atoms with Crippen molar-refractivity contribution in [3.63, 3.8) is 0 Å². The summed E-state index contributed by atoms with van der Waals surface area (Å²) < 4.78 is 12.3. The highest BCUT2D eigenvalue weighted by molar-refractivity contribution is 5.96. The molecule has 41 heavy (non-hydrogen) atoms. The summed E-state index contributed by atoms with van der Waals surface area (Å²) >= 11 is 0. The molecule has 1 aromatic heterocycles. The van der Waals surface area contributed by atoms with Crippen LogP contribution in [0.4, 0.5) is 5.69 Å². The Morgan fingerprint density at radius 1 is 1.15 bits per heavy atom. The van der Waals surface area contributed by atoms with Gasteiger partial charge >= 0.3 is 0 Å². The van der Waals surface area contributed by atoms with Crippen LogP contribution in [0, 0.1) is 29.1 Å². The van der Waals surface area contributed by atoms with Crippen LogP contribution in [0.25, 0.3) is 11.5 Å². The Morgan fingerprint density at radius 3 is 2.63 bits per heavy atom. The van der Waals surface area contributed by atoms with Crippen LogP contribution in [0.15, 0.2) is 53.1 Å². The Balaban J connectivity index is 1.23. The minimum absolute atomic E-state index is 0.0971. The molecule has 1 aliphatic heterocycles. The van der Waals surface area contributed by atoms with E-state index in [9.17, 15) is 10.1 Å². The zero-order valence-corrected chi connectivity index (χ0v) is 24.4. The molecule has 0 spiro atoms. The molecule has 7 heteroatoms. The molecule has 3 aliphatic rings. The van der Waals surface area contributed by atoms with Crippen molar-refractivity contribution in [2.75, 3.05) is 18.1 Å². The summed E-state index contributed by atoms with van der Waals surface area (Å²) in [5, 5.41) is 13.6. The molecule has 0 N–H and O–H groups in total. The van der Waals surface area contributed by atoms with Crippen molar-refractivity contribution in [2.24, 2.45) is 17.8 Å². The van der Waals surface area contributed by atoms with Crippen molar-refractivity contribution in [3.8, 4) is 17.5 Å². The summed E-state index contributed by atoms with van der Waals surface area (Å²) in [6.45, 7) is 7.19. The molecule has 2 aliphatic carbocycles. The maximum atomic E-state index is 13.8. The van der Waals surface area contributed by atoms with Gasteiger partial charge in [0.1, 0.15) is 0 Å². The lowest BCUT2D eigenvalue weighted by Gasteiger charge is -2.50. The number of hydrogen-bond acceptors (Lipinski definition) is 6. The standard InChI is InChI=1S/C34H40N4O3/c1-4-30-36-31(41-37-30)24-10-6-12-29(18-24)38(32(39)23-8-5-9-23)20-26-21-40-34(17-7-11-25(26)19-34)28-15-13-27(14-16-28)33(2,3)22-35/h6,10,12-16,18,23,25-26H,4-5,7-9,11,17,19-21H2,1-3H3. The van der Waals surface area contributed by atoms with Crippen LogP contribution in [0.3, 0.4) is 0 Å². The number of nitrogens with zero attached hydrogens (tertiary/aromatic N) is 4. The van der Waals surface area contributed by atoms with Crippen molar-refractivity contribution in [3.05, 3.63) is 65.5 Å². The van der Waals surface area contributed by atoms with Crippen molar-refractivity contribution >= 4 is 11.6 Å². The topological polar surface area (TPSA) is 92.2 Å². The fraction of sp³-hybridized carbons (Fsp3) is 0.529. The van der Waals surface area contributed by atoms with Gasteiger partial charge in [-0.05, 0) is 87.6 Å². The molecule has 2 bridgehead atoms. The number of nitriles is 1. The SMILES string of the molecule is CCc1noc(-c2cccc(N(CC3COC4(c5ccc(C(C)(C)C#N)cc5)CCCC3C4)C(=O)C3CCC3)c2)n1. The number of hydrogen-bond donors (Lipinski definition) is 0. The van der Waals surface area contributed by atoms with Gasteiger partial charge in [-0.1, -0.05) is 48.8 Å². The molecular formula is C34H40N4O3. The summed E-state index contributed by atoms with van der Waals surface area (Å²) in [6.07, 6.45) is 7.99. The normalized spacial score (nSPS) is 24.3. The highest BCUT2D eigenvalue weighted by Gasteiger charge is 2.47. The van der Waals surface area contributed by atoms with Gasteiger partial charge in [-0.2, -0.15) is 10.2 Å². The third-order valence-corrected chi connectivity index (χ3v) is 9.73. The minimum Gasteiger partial charge on any atom is -0.370 e. The second-order valence-corrected chi connectivity index (χ2v) is 12.7. The Bertz CT molecular complexity index is 1430. The van der Waals surface area contributed by atoms with E-state index in [2.05, 4.69) is 40.5 Å². The third-order valence-electron chi connectivity index (χ3n) is 9.73. The van der Waals surface area contributed by atoms with Gasteiger partial charge in [0.15, 0.2) is 5.82 Å². The van der Waals surface area contributed by atoms with E-state index in [4.69, 9.17) is 9.26 Å². The molecule has 2 saturated carbocycles. The molecule has 2 heterocycles. The summed E-state index contributed by atoms with van der Waals surface area (Å²) in [5.74, 6) is 2.23. The van der Waals surface area contributed by atoms with E-state index < -0.39 is 5.41 Å². The second-order valence-electron chi connectivity index (χ2n) is 12.7. The molecular weight excluding hydrogens is 512 g/mol. The molecule has 7 nitrogen and oxygen atoms in total. The van der Waals surface area contributed by atoms with Crippen LogP contribution in [-0.2, 0) is 27.0 Å². The minimum atomic E-state index is -0.515. The summed E-state index contributed by atoms with van der Waals surface area (Å²) in [5.41, 5.74) is 3.16. The van der Waals surface area contributed by atoms with E-state index in [1.54, 1.807) is 0 Å². The molecule has 6 rings (SSSR count). The fourth-order valence-electron chi connectivity index (χ4n) is 6.77. The molecule has 3 fully saturated rings. The van der Waals surface area contributed by atoms with Gasteiger partial charge in [0, 0.05) is 36.1 Å². The molecule has 1 amide bonds. The third kappa shape index (κ3) is 5.30. The van der Waals surface area contributed by atoms with Gasteiger partial charge in [0.2, 0.25) is 5.91 Å². The van der Waals surface area contributed by atoms with Crippen LogP contribution in [-0.4, -0.2) is 29.2 Å². The van der Waals surface area contributed by atoms with E-state index >= 15 is 0 Å². The molecule has 1 saturated heterocycles. The second kappa shape index (κ2) is 11.1. The number of ether oxygens (including phenoxy) is 1. The Kier molecular flexibility index (Phi) is 7.46. The number of anilines is 1. The number of carbonyl (C=O) groups excluding carboxylic acids is 1. The van der Waals surface area contributed by atoms with E-state index in [0.717, 1.165) is 61.8 Å². The van der Waals surface area contributed by atoms with E-state index in [-0.39, 0.29) is 23.3 Å². The quantitative estimate of drug-likeness (QED) is 0.300. The average molecular weight is 553 g/mol. The van der Waals surface area contributed by atoms with E-state index in [1.165, 1.54) is 5.56 Å². The predicted octanol–water partition coefficient (Wildman–Crippen LogP) is 6.97. The number of carbonyl (C=O) groups is 1. The monoisotopic (exact) mass is 552 g/mol. The Morgan fingerprint density at radius 2 is 1.95 bits per heavy atom. The highest BCUT2D eigenvalue weighted by Crippen LogP contribution is 2.50. The van der Waals surface area contributed by atoms with Crippen molar-refractivity contribution in [1.29, 1.82) is 5.26 Å². The number of amides is 1. The number of rotatable bonds is 8. The molecule has 214 valence electrons. The van der Waals surface area contributed by atoms with Gasteiger partial charge < -0.3 is 14.2 Å². The zero-order chi connectivity index (χ0) is 28.6. The maximum Gasteiger partial charge on any atom is 0.257 e. The predicted molar refractivity (Wildman–Crippen MR) is 157 cm³/mol. The lowest BCUT2D eigenvalue weighted by atomic mass is 9.67. The smallest absolute Gasteiger partial charge is 0.257 e. The van der Waals surface area contributed by atoms with Crippen LogP contribution in [0.5, 0.6) is 0 Å². The van der Waals surface area contributed by atoms with E-state index in [1.807, 2.05) is 49.9 Å². The average Bonchev–Trinajstić information content (AvgIpc) is 3.46. The van der Waals surface area contributed by atoms with Crippen molar-refractivity contribution < 1.29 is 14.1 Å². The first kappa shape index (κ1) is 27.7. The lowest BCUT2D eigenvalue weighted by molar-refractivity contribution is -0.153. The van der Waals surface area contributed by atoms with Gasteiger partial charge in [-0.15, -0.1) is 0 Å². The first-order valence-corrected chi connectivity index (χ1v) is 15.2. The van der Waals surface area contributed by atoms with Crippen LogP contribution in [0.2, 0.25) is 0 Å². The number of benzene rings is 2. The molecule has 2 aromatic carbocycles. The van der Waals surface area contributed by atoms with Crippen LogP contribution < -0.4 is 4.90 Å². The van der Waals surface area contributed by atoms with Gasteiger partial charge in [-0.25, -0.2) is 0 Å². The van der Waals surface area contributed by atoms with Crippen LogP contribution >= 0.6 is 0 Å². The van der Waals surface area contributed by atoms with Gasteiger partial charge in [0.05, 0.1) is 23.7 Å². The first-order chi connectivity index (χ1) is 19.8. The fourth-order valence-corrected chi connectivity index (χ4v) is 6.77. The summed E-state index contributed by atoms with van der Waals surface area (Å²) in [4.78, 5) is 20.3. The number of fused-ring (bicyclic) bond motifs is 2. The molecule has 3 unspecified atom stereocenters.